The van der Waals surface area contributed by atoms with Crippen LogP contribution >= 0.6 is 11.6 Å². The fourth-order valence-corrected chi connectivity index (χ4v) is 3.92. The Labute approximate surface area is 121 Å². The van der Waals surface area contributed by atoms with Gasteiger partial charge in [-0.3, -0.25) is 4.79 Å². The standard InChI is InChI=1S/C15H26ClNO2/c1-10-11(2)19-12(3)13(10)14(18)17-15(9-16)7-5-4-6-8-15/h10-13H,4-9H2,1-3H3,(H,17,18). The van der Waals surface area contributed by atoms with Crippen LogP contribution in [0.3, 0.4) is 0 Å². The fraction of sp³-hybridized carbons (Fsp3) is 0.933. The Balaban J connectivity index is 2.03. The van der Waals surface area contributed by atoms with Crippen molar-refractivity contribution < 1.29 is 9.53 Å². The van der Waals surface area contributed by atoms with Gasteiger partial charge in [0.05, 0.1) is 23.7 Å². The molecule has 4 unspecified atom stereocenters. The lowest BCUT2D eigenvalue weighted by atomic mass is 9.81. The first kappa shape index (κ1) is 15.1. The van der Waals surface area contributed by atoms with E-state index in [-0.39, 0.29) is 35.5 Å². The molecule has 2 aliphatic rings. The van der Waals surface area contributed by atoms with Crippen LogP contribution in [0.15, 0.2) is 0 Å². The normalized spacial score (nSPS) is 38.1. The van der Waals surface area contributed by atoms with Crippen LogP contribution in [0, 0.1) is 11.8 Å². The number of carbonyl (C=O) groups excluding carboxylic acids is 1. The van der Waals surface area contributed by atoms with Crippen LogP contribution < -0.4 is 5.32 Å². The third-order valence-corrected chi connectivity index (χ3v) is 5.51. The van der Waals surface area contributed by atoms with Crippen molar-refractivity contribution in [2.75, 3.05) is 5.88 Å². The highest BCUT2D eigenvalue weighted by atomic mass is 35.5. The highest BCUT2D eigenvalue weighted by molar-refractivity contribution is 6.18. The van der Waals surface area contributed by atoms with E-state index in [1.54, 1.807) is 0 Å². The van der Waals surface area contributed by atoms with Crippen molar-refractivity contribution in [3.63, 3.8) is 0 Å². The number of amides is 1. The molecule has 0 bridgehead atoms. The number of nitrogens with one attached hydrogen (secondary N) is 1. The topological polar surface area (TPSA) is 38.3 Å². The zero-order valence-corrected chi connectivity index (χ0v) is 13.0. The van der Waals surface area contributed by atoms with Gasteiger partial charge < -0.3 is 10.1 Å². The van der Waals surface area contributed by atoms with Crippen LogP contribution in [0.5, 0.6) is 0 Å². The second-order valence-corrected chi connectivity index (χ2v) is 6.66. The summed E-state index contributed by atoms with van der Waals surface area (Å²) < 4.78 is 5.77. The Kier molecular flexibility index (Phi) is 4.78. The van der Waals surface area contributed by atoms with E-state index in [0.29, 0.717) is 5.88 Å². The van der Waals surface area contributed by atoms with Crippen LogP contribution in [0.2, 0.25) is 0 Å². The maximum Gasteiger partial charge on any atom is 0.226 e. The molecule has 1 N–H and O–H groups in total. The van der Waals surface area contributed by atoms with Gasteiger partial charge in [0.25, 0.3) is 0 Å². The van der Waals surface area contributed by atoms with Gasteiger partial charge in [-0.05, 0) is 32.6 Å². The summed E-state index contributed by atoms with van der Waals surface area (Å²) >= 11 is 6.14. The van der Waals surface area contributed by atoms with Crippen molar-refractivity contribution in [1.82, 2.24) is 5.32 Å². The van der Waals surface area contributed by atoms with E-state index in [1.807, 2.05) is 13.8 Å². The summed E-state index contributed by atoms with van der Waals surface area (Å²) in [7, 11) is 0. The summed E-state index contributed by atoms with van der Waals surface area (Å²) in [6.07, 6.45) is 5.75. The van der Waals surface area contributed by atoms with Crippen molar-refractivity contribution >= 4 is 17.5 Å². The van der Waals surface area contributed by atoms with E-state index in [9.17, 15) is 4.79 Å². The van der Waals surface area contributed by atoms with E-state index in [2.05, 4.69) is 12.2 Å². The van der Waals surface area contributed by atoms with Gasteiger partial charge in [-0.25, -0.2) is 0 Å². The predicted octanol–water partition coefficient (Wildman–Crippen LogP) is 3.10. The van der Waals surface area contributed by atoms with Crippen molar-refractivity contribution in [2.24, 2.45) is 11.8 Å². The fourth-order valence-electron chi connectivity index (χ4n) is 3.58. The molecular formula is C15H26ClNO2. The van der Waals surface area contributed by atoms with Crippen molar-refractivity contribution in [2.45, 2.75) is 70.6 Å². The lowest BCUT2D eigenvalue weighted by Crippen LogP contribution is -2.54. The Hall–Kier alpha value is -0.280. The zero-order chi connectivity index (χ0) is 14.0. The molecule has 0 aromatic heterocycles. The summed E-state index contributed by atoms with van der Waals surface area (Å²) in [5.41, 5.74) is -0.178. The molecule has 4 atom stereocenters. The summed E-state index contributed by atoms with van der Waals surface area (Å²) in [4.78, 5) is 12.6. The van der Waals surface area contributed by atoms with Crippen LogP contribution in [0.1, 0.15) is 52.9 Å². The molecule has 1 saturated heterocycles. The molecule has 1 amide bonds. The minimum Gasteiger partial charge on any atom is -0.374 e. The first-order valence-corrected chi connectivity index (χ1v) is 8.06. The number of halogens is 1. The van der Waals surface area contributed by atoms with Crippen LogP contribution in [-0.2, 0) is 9.53 Å². The summed E-state index contributed by atoms with van der Waals surface area (Å²) in [6, 6.07) is 0. The van der Waals surface area contributed by atoms with Gasteiger partial charge in [-0.2, -0.15) is 0 Å². The maximum absolute atomic E-state index is 12.6. The van der Waals surface area contributed by atoms with Crippen molar-refractivity contribution in [1.29, 1.82) is 0 Å². The van der Waals surface area contributed by atoms with E-state index in [1.165, 1.54) is 6.42 Å². The van der Waals surface area contributed by atoms with Crippen molar-refractivity contribution in [3.05, 3.63) is 0 Å². The summed E-state index contributed by atoms with van der Waals surface area (Å²) in [5.74, 6) is 0.875. The molecule has 1 aliphatic heterocycles. The maximum atomic E-state index is 12.6. The van der Waals surface area contributed by atoms with Crippen LogP contribution in [-0.4, -0.2) is 29.5 Å². The Morgan fingerprint density at radius 1 is 1.21 bits per heavy atom. The average Bonchev–Trinajstić information content (AvgIpc) is 2.64. The van der Waals surface area contributed by atoms with Crippen molar-refractivity contribution in [3.8, 4) is 0 Å². The second-order valence-electron chi connectivity index (χ2n) is 6.40. The number of hydrogen-bond acceptors (Lipinski definition) is 2. The molecule has 2 rings (SSSR count). The van der Waals surface area contributed by atoms with E-state index in [4.69, 9.17) is 16.3 Å². The molecular weight excluding hydrogens is 262 g/mol. The highest BCUT2D eigenvalue weighted by Gasteiger charge is 2.44. The van der Waals surface area contributed by atoms with Gasteiger partial charge in [0, 0.05) is 5.88 Å². The number of ether oxygens (including phenoxy) is 1. The number of alkyl halides is 1. The van der Waals surface area contributed by atoms with E-state index in [0.717, 1.165) is 25.7 Å². The number of hydrogen-bond donors (Lipinski definition) is 1. The number of carbonyl (C=O) groups is 1. The van der Waals surface area contributed by atoms with Gasteiger partial charge in [-0.15, -0.1) is 11.6 Å². The molecule has 0 spiro atoms. The molecule has 0 aromatic carbocycles. The first-order valence-electron chi connectivity index (χ1n) is 7.52. The van der Waals surface area contributed by atoms with Gasteiger partial charge >= 0.3 is 0 Å². The van der Waals surface area contributed by atoms with Gasteiger partial charge in [0.1, 0.15) is 0 Å². The second kappa shape index (κ2) is 6.01. The van der Waals surface area contributed by atoms with Gasteiger partial charge in [-0.1, -0.05) is 26.2 Å². The Morgan fingerprint density at radius 2 is 1.84 bits per heavy atom. The molecule has 0 radical (unpaired) electrons. The third-order valence-electron chi connectivity index (χ3n) is 5.00. The largest absolute Gasteiger partial charge is 0.374 e. The lowest BCUT2D eigenvalue weighted by Gasteiger charge is -2.38. The van der Waals surface area contributed by atoms with E-state index < -0.39 is 0 Å². The number of rotatable bonds is 3. The smallest absolute Gasteiger partial charge is 0.226 e. The predicted molar refractivity (Wildman–Crippen MR) is 77.3 cm³/mol. The quantitative estimate of drug-likeness (QED) is 0.810. The Bertz CT molecular complexity index is 328. The molecule has 19 heavy (non-hydrogen) atoms. The van der Waals surface area contributed by atoms with E-state index >= 15 is 0 Å². The molecule has 110 valence electrons. The first-order chi connectivity index (χ1) is 8.99. The molecule has 3 nitrogen and oxygen atoms in total. The summed E-state index contributed by atoms with van der Waals surface area (Å²) in [6.45, 7) is 6.15. The minimum atomic E-state index is -0.178. The third kappa shape index (κ3) is 3.08. The summed E-state index contributed by atoms with van der Waals surface area (Å²) in [5, 5.41) is 3.25. The monoisotopic (exact) mass is 287 g/mol. The Morgan fingerprint density at radius 3 is 2.32 bits per heavy atom. The average molecular weight is 288 g/mol. The van der Waals surface area contributed by atoms with Gasteiger partial charge in [0.15, 0.2) is 0 Å². The SMILES string of the molecule is CC1OC(C)C(C(=O)NC2(CCl)CCCCC2)C1C. The zero-order valence-electron chi connectivity index (χ0n) is 12.2. The molecule has 1 saturated carbocycles. The molecule has 1 aliphatic carbocycles. The molecule has 1 heterocycles. The molecule has 2 fully saturated rings. The van der Waals surface area contributed by atoms with Crippen LogP contribution in [0.25, 0.3) is 0 Å². The molecule has 4 heteroatoms. The lowest BCUT2D eigenvalue weighted by molar-refractivity contribution is -0.129. The molecule has 0 aromatic rings. The highest BCUT2D eigenvalue weighted by Crippen LogP contribution is 2.34. The van der Waals surface area contributed by atoms with Crippen LogP contribution in [0.4, 0.5) is 0 Å². The minimum absolute atomic E-state index is 0.000895. The van der Waals surface area contributed by atoms with Gasteiger partial charge in [0.2, 0.25) is 5.91 Å².